The van der Waals surface area contributed by atoms with Crippen LogP contribution in [0.2, 0.25) is 0 Å². The molecule has 3 rings (SSSR count). The molecule has 1 aromatic heterocycles. The molecule has 0 saturated carbocycles. The first kappa shape index (κ1) is 19.1. The molecule has 1 aliphatic rings. The first-order valence-electron chi connectivity index (χ1n) is 8.20. The van der Waals surface area contributed by atoms with Gasteiger partial charge in [0.25, 0.3) is 0 Å². The van der Waals surface area contributed by atoms with Crippen LogP contribution in [-0.2, 0) is 20.9 Å². The number of hydrogen-bond acceptors (Lipinski definition) is 8. The second-order valence-electron chi connectivity index (χ2n) is 5.87. The number of ether oxygens (including phenoxy) is 3. The number of amides is 2. The molecular weight excluding hydrogens is 372 g/mol. The van der Waals surface area contributed by atoms with Crippen LogP contribution in [0, 0.1) is 5.92 Å². The van der Waals surface area contributed by atoms with Crippen molar-refractivity contribution in [1.82, 2.24) is 10.2 Å². The molecular formula is C17H20N4O5S. The first-order chi connectivity index (χ1) is 13.0. The lowest BCUT2D eigenvalue weighted by molar-refractivity contribution is -0.122. The predicted molar refractivity (Wildman–Crippen MR) is 99.3 cm³/mol. The van der Waals surface area contributed by atoms with Gasteiger partial charge < -0.3 is 24.4 Å². The van der Waals surface area contributed by atoms with E-state index in [2.05, 4.69) is 15.5 Å². The van der Waals surface area contributed by atoms with Crippen molar-refractivity contribution in [3.8, 4) is 11.5 Å². The third-order valence-electron chi connectivity index (χ3n) is 4.14. The topological polar surface area (TPSA) is 103 Å². The zero-order valence-corrected chi connectivity index (χ0v) is 16.0. The van der Waals surface area contributed by atoms with E-state index in [0.717, 1.165) is 0 Å². The molecule has 1 saturated heterocycles. The summed E-state index contributed by atoms with van der Waals surface area (Å²) in [6.45, 7) is 0.580. The van der Waals surface area contributed by atoms with Gasteiger partial charge >= 0.3 is 0 Å². The lowest BCUT2D eigenvalue weighted by atomic mass is 10.1. The molecule has 0 spiro atoms. The van der Waals surface area contributed by atoms with Crippen LogP contribution in [0.15, 0.2) is 18.2 Å². The fraction of sp³-hybridized carbons (Fsp3) is 0.412. The van der Waals surface area contributed by atoms with Crippen molar-refractivity contribution in [3.05, 3.63) is 23.2 Å². The van der Waals surface area contributed by atoms with E-state index in [1.54, 1.807) is 37.3 Å². The SMILES string of the molecule is COCc1nnc(NC(=O)[C@H]2CC(=O)N(c3cc(OC)ccc3OC)C2)s1. The molecule has 27 heavy (non-hydrogen) atoms. The summed E-state index contributed by atoms with van der Waals surface area (Å²) in [5.41, 5.74) is 0.579. The zero-order chi connectivity index (χ0) is 19.4. The van der Waals surface area contributed by atoms with Gasteiger partial charge in [0.2, 0.25) is 16.9 Å². The van der Waals surface area contributed by atoms with E-state index in [4.69, 9.17) is 14.2 Å². The molecule has 10 heteroatoms. The van der Waals surface area contributed by atoms with E-state index in [9.17, 15) is 9.59 Å². The highest BCUT2D eigenvalue weighted by atomic mass is 32.1. The minimum Gasteiger partial charge on any atom is -0.497 e. The monoisotopic (exact) mass is 392 g/mol. The van der Waals surface area contributed by atoms with Crippen LogP contribution < -0.4 is 19.7 Å². The van der Waals surface area contributed by atoms with E-state index in [1.165, 1.54) is 18.4 Å². The smallest absolute Gasteiger partial charge is 0.231 e. The fourth-order valence-corrected chi connectivity index (χ4v) is 3.53. The van der Waals surface area contributed by atoms with Crippen molar-refractivity contribution in [1.29, 1.82) is 0 Å². The Bertz CT molecular complexity index is 840. The molecule has 1 atom stereocenters. The lowest BCUT2D eigenvalue weighted by Crippen LogP contribution is -2.28. The van der Waals surface area contributed by atoms with Crippen LogP contribution in [0.1, 0.15) is 11.4 Å². The predicted octanol–water partition coefficient (Wildman–Crippen LogP) is 1.69. The first-order valence-corrected chi connectivity index (χ1v) is 9.02. The Hall–Kier alpha value is -2.72. The van der Waals surface area contributed by atoms with E-state index in [-0.39, 0.29) is 24.8 Å². The largest absolute Gasteiger partial charge is 0.497 e. The maximum absolute atomic E-state index is 12.5. The maximum Gasteiger partial charge on any atom is 0.231 e. The molecule has 1 aliphatic heterocycles. The van der Waals surface area contributed by atoms with Crippen molar-refractivity contribution in [2.24, 2.45) is 5.92 Å². The number of nitrogens with zero attached hydrogens (tertiary/aromatic N) is 3. The highest BCUT2D eigenvalue weighted by molar-refractivity contribution is 7.15. The van der Waals surface area contributed by atoms with Gasteiger partial charge in [0.1, 0.15) is 23.1 Å². The van der Waals surface area contributed by atoms with Crippen molar-refractivity contribution in [3.63, 3.8) is 0 Å². The van der Waals surface area contributed by atoms with Crippen LogP contribution in [0.25, 0.3) is 0 Å². The Morgan fingerprint density at radius 1 is 1.30 bits per heavy atom. The summed E-state index contributed by atoms with van der Waals surface area (Å²) < 4.78 is 15.6. The minimum absolute atomic E-state index is 0.107. The number of benzene rings is 1. The average Bonchev–Trinajstić information content (AvgIpc) is 3.27. The van der Waals surface area contributed by atoms with Gasteiger partial charge in [0.05, 0.1) is 25.8 Å². The Balaban J connectivity index is 1.72. The number of carbonyl (C=O) groups excluding carboxylic acids is 2. The number of aromatic nitrogens is 2. The second kappa shape index (κ2) is 8.31. The van der Waals surface area contributed by atoms with Crippen LogP contribution in [-0.4, -0.2) is 49.9 Å². The number of carbonyl (C=O) groups is 2. The normalized spacial score (nSPS) is 16.5. The van der Waals surface area contributed by atoms with E-state index in [0.29, 0.717) is 33.9 Å². The summed E-state index contributed by atoms with van der Waals surface area (Å²) in [6.07, 6.45) is 0.107. The van der Waals surface area contributed by atoms with Crippen LogP contribution in [0.4, 0.5) is 10.8 Å². The van der Waals surface area contributed by atoms with Crippen molar-refractivity contribution in [2.45, 2.75) is 13.0 Å². The minimum atomic E-state index is -0.497. The summed E-state index contributed by atoms with van der Waals surface area (Å²) in [7, 11) is 4.64. The standard InChI is InChI=1S/C17H20N4O5S/c1-24-9-14-19-20-17(27-14)18-16(23)10-6-15(22)21(8-10)12-7-11(25-2)4-5-13(12)26-3/h4-5,7,10H,6,8-9H2,1-3H3,(H,18,20,23)/t10-/m0/s1. The molecule has 2 heterocycles. The summed E-state index contributed by atoms with van der Waals surface area (Å²) in [4.78, 5) is 26.6. The number of nitrogens with one attached hydrogen (secondary N) is 1. The molecule has 144 valence electrons. The molecule has 9 nitrogen and oxygen atoms in total. The molecule has 0 radical (unpaired) electrons. The molecule has 2 aromatic rings. The molecule has 1 fully saturated rings. The fourth-order valence-electron chi connectivity index (χ4n) is 2.82. The van der Waals surface area contributed by atoms with Crippen molar-refractivity contribution < 1.29 is 23.8 Å². The number of methoxy groups -OCH3 is 3. The highest BCUT2D eigenvalue weighted by Crippen LogP contribution is 2.36. The Morgan fingerprint density at radius 2 is 2.11 bits per heavy atom. The third kappa shape index (κ3) is 4.17. The quantitative estimate of drug-likeness (QED) is 0.765. The molecule has 2 amide bonds. The molecule has 0 aliphatic carbocycles. The van der Waals surface area contributed by atoms with E-state index < -0.39 is 5.92 Å². The highest BCUT2D eigenvalue weighted by Gasteiger charge is 2.36. The van der Waals surface area contributed by atoms with Crippen molar-refractivity contribution >= 4 is 34.0 Å². The lowest BCUT2D eigenvalue weighted by Gasteiger charge is -2.20. The number of rotatable bonds is 7. The van der Waals surface area contributed by atoms with Gasteiger partial charge in [-0.3, -0.25) is 9.59 Å². The van der Waals surface area contributed by atoms with E-state index in [1.807, 2.05) is 0 Å². The summed E-state index contributed by atoms with van der Waals surface area (Å²) in [5, 5.41) is 11.6. The van der Waals surface area contributed by atoms with Crippen LogP contribution in [0.5, 0.6) is 11.5 Å². The number of hydrogen-bond donors (Lipinski definition) is 1. The zero-order valence-electron chi connectivity index (χ0n) is 15.2. The summed E-state index contributed by atoms with van der Waals surface area (Å²) in [5.74, 6) is 0.222. The third-order valence-corrected chi connectivity index (χ3v) is 4.95. The van der Waals surface area contributed by atoms with Gasteiger partial charge in [0.15, 0.2) is 0 Å². The van der Waals surface area contributed by atoms with Crippen LogP contribution >= 0.6 is 11.3 Å². The summed E-state index contributed by atoms with van der Waals surface area (Å²) in [6, 6.07) is 5.20. The van der Waals surface area contributed by atoms with Crippen molar-refractivity contribution in [2.75, 3.05) is 38.1 Å². The molecule has 1 aromatic carbocycles. The molecule has 0 unspecified atom stereocenters. The second-order valence-corrected chi connectivity index (χ2v) is 6.93. The molecule has 0 bridgehead atoms. The summed E-state index contributed by atoms with van der Waals surface area (Å²) >= 11 is 1.24. The van der Waals surface area contributed by atoms with Gasteiger partial charge in [-0.25, -0.2) is 0 Å². The van der Waals surface area contributed by atoms with Gasteiger partial charge in [-0.2, -0.15) is 0 Å². The Labute approximate surface area is 160 Å². The van der Waals surface area contributed by atoms with Gasteiger partial charge in [-0.1, -0.05) is 11.3 Å². The maximum atomic E-state index is 12.5. The van der Waals surface area contributed by atoms with Crippen LogP contribution in [0.3, 0.4) is 0 Å². The van der Waals surface area contributed by atoms with E-state index >= 15 is 0 Å². The van der Waals surface area contributed by atoms with Gasteiger partial charge in [0, 0.05) is 26.1 Å². The van der Waals surface area contributed by atoms with Gasteiger partial charge in [-0.15, -0.1) is 10.2 Å². The number of anilines is 2. The molecule has 1 N–H and O–H groups in total. The van der Waals surface area contributed by atoms with Gasteiger partial charge in [-0.05, 0) is 12.1 Å². The average molecular weight is 392 g/mol. The Kier molecular flexibility index (Phi) is 5.87. The Morgan fingerprint density at radius 3 is 2.81 bits per heavy atom.